The van der Waals surface area contributed by atoms with Gasteiger partial charge in [-0.2, -0.15) is 0 Å². The molecule has 3 nitrogen and oxygen atoms in total. The molecule has 0 aliphatic rings. The fraction of sp³-hybridized carbons (Fsp3) is 0.100. The molecule has 4 rings (SSSR count). The van der Waals surface area contributed by atoms with Gasteiger partial charge in [-0.05, 0) is 19.4 Å². The summed E-state index contributed by atoms with van der Waals surface area (Å²) in [4.78, 5) is 22.3. The van der Waals surface area contributed by atoms with Gasteiger partial charge >= 0.3 is 0 Å². The maximum atomic E-state index is 12.8. The third kappa shape index (κ3) is 2.45. The highest BCUT2D eigenvalue weighted by atomic mass is 32.1. The van der Waals surface area contributed by atoms with E-state index in [1.54, 1.807) is 11.3 Å². The third-order valence-electron chi connectivity index (χ3n) is 4.13. The molecule has 0 amide bonds. The number of benzene rings is 2. The first-order valence-corrected chi connectivity index (χ1v) is 8.61. The van der Waals surface area contributed by atoms with Crippen LogP contribution in [0.2, 0.25) is 0 Å². The van der Waals surface area contributed by atoms with Gasteiger partial charge in [0, 0.05) is 16.0 Å². The van der Waals surface area contributed by atoms with Crippen LogP contribution in [-0.2, 0) is 0 Å². The summed E-state index contributed by atoms with van der Waals surface area (Å²) in [5.74, 6) is 0.619. The van der Waals surface area contributed by atoms with Crippen LogP contribution in [-0.4, -0.2) is 9.97 Å². The zero-order chi connectivity index (χ0) is 16.7. The number of hydrogen-bond donors (Lipinski definition) is 1. The molecule has 0 saturated carbocycles. The second kappa shape index (κ2) is 5.73. The minimum atomic E-state index is -0.0845. The molecule has 2 heterocycles. The van der Waals surface area contributed by atoms with Crippen LogP contribution in [0.3, 0.4) is 0 Å². The number of fused-ring (bicyclic) bond motifs is 1. The molecule has 0 saturated heterocycles. The normalized spacial score (nSPS) is 11.1. The lowest BCUT2D eigenvalue weighted by molar-refractivity contribution is 1.19. The summed E-state index contributed by atoms with van der Waals surface area (Å²) in [6.45, 7) is 4.08. The molecule has 0 aliphatic carbocycles. The smallest absolute Gasteiger partial charge is 0.260 e. The van der Waals surface area contributed by atoms with Crippen LogP contribution in [0.1, 0.15) is 10.4 Å². The number of aryl methyl sites for hydroxylation is 2. The van der Waals surface area contributed by atoms with Gasteiger partial charge in [0.2, 0.25) is 0 Å². The number of hydrogen-bond acceptors (Lipinski definition) is 3. The topological polar surface area (TPSA) is 45.8 Å². The maximum absolute atomic E-state index is 12.8. The number of rotatable bonds is 2. The fourth-order valence-corrected chi connectivity index (χ4v) is 3.97. The Morgan fingerprint density at radius 3 is 2.33 bits per heavy atom. The van der Waals surface area contributed by atoms with Crippen LogP contribution in [0.4, 0.5) is 0 Å². The van der Waals surface area contributed by atoms with Crippen LogP contribution >= 0.6 is 11.3 Å². The van der Waals surface area contributed by atoms with E-state index in [9.17, 15) is 4.79 Å². The predicted octanol–water partition coefficient (Wildman–Crippen LogP) is 4.94. The van der Waals surface area contributed by atoms with Crippen LogP contribution < -0.4 is 5.56 Å². The second-order valence-electron chi connectivity index (χ2n) is 5.86. The number of thiophene rings is 1. The lowest BCUT2D eigenvalue weighted by atomic mass is 10.0. The van der Waals surface area contributed by atoms with Gasteiger partial charge < -0.3 is 4.98 Å². The van der Waals surface area contributed by atoms with Gasteiger partial charge in [0.15, 0.2) is 0 Å². The minimum Gasteiger partial charge on any atom is -0.306 e. The van der Waals surface area contributed by atoms with Gasteiger partial charge in [0.05, 0.1) is 5.39 Å². The van der Waals surface area contributed by atoms with E-state index in [4.69, 9.17) is 4.98 Å². The maximum Gasteiger partial charge on any atom is 0.260 e. The summed E-state index contributed by atoms with van der Waals surface area (Å²) in [5.41, 5.74) is 4.06. The van der Waals surface area contributed by atoms with Crippen LogP contribution in [0, 0.1) is 13.8 Å². The van der Waals surface area contributed by atoms with Crippen LogP contribution in [0.5, 0.6) is 0 Å². The van der Waals surface area contributed by atoms with E-state index in [-0.39, 0.29) is 5.56 Å². The molecule has 0 radical (unpaired) electrons. The van der Waals surface area contributed by atoms with Crippen molar-refractivity contribution in [2.75, 3.05) is 0 Å². The second-order valence-corrected chi connectivity index (χ2v) is 7.06. The monoisotopic (exact) mass is 332 g/mol. The first-order chi connectivity index (χ1) is 11.6. The van der Waals surface area contributed by atoms with E-state index < -0.39 is 0 Å². The van der Waals surface area contributed by atoms with Crippen molar-refractivity contribution in [1.82, 2.24) is 9.97 Å². The quantitative estimate of drug-likeness (QED) is 0.565. The first kappa shape index (κ1) is 14.8. The largest absolute Gasteiger partial charge is 0.306 e. The van der Waals surface area contributed by atoms with Gasteiger partial charge in [-0.25, -0.2) is 4.98 Å². The summed E-state index contributed by atoms with van der Waals surface area (Å²) >= 11 is 1.57. The highest BCUT2D eigenvalue weighted by Crippen LogP contribution is 2.35. The van der Waals surface area contributed by atoms with Gasteiger partial charge in [-0.3, -0.25) is 4.79 Å². The zero-order valence-electron chi connectivity index (χ0n) is 13.5. The van der Waals surface area contributed by atoms with E-state index in [0.29, 0.717) is 11.2 Å². The van der Waals surface area contributed by atoms with Crippen molar-refractivity contribution < 1.29 is 0 Å². The average Bonchev–Trinajstić information content (AvgIpc) is 2.93. The van der Waals surface area contributed by atoms with Crippen molar-refractivity contribution in [3.8, 4) is 22.5 Å². The number of aromatic nitrogens is 2. The molecule has 1 N–H and O–H groups in total. The third-order valence-corrected chi connectivity index (χ3v) is 5.12. The minimum absolute atomic E-state index is 0.0845. The number of nitrogens with zero attached hydrogens (tertiary/aromatic N) is 1. The Kier molecular flexibility index (Phi) is 3.54. The van der Waals surface area contributed by atoms with Crippen molar-refractivity contribution in [2.45, 2.75) is 13.8 Å². The highest BCUT2D eigenvalue weighted by Gasteiger charge is 2.16. The van der Waals surface area contributed by atoms with Gasteiger partial charge in [0.25, 0.3) is 5.56 Å². The van der Waals surface area contributed by atoms with Crippen molar-refractivity contribution in [2.24, 2.45) is 0 Å². The average molecular weight is 332 g/mol. The molecule has 0 spiro atoms. The Labute approximate surface area is 143 Å². The first-order valence-electron chi connectivity index (χ1n) is 7.79. The molecule has 4 aromatic rings. The molecule has 0 aliphatic heterocycles. The molecule has 0 unspecified atom stereocenters. The van der Waals surface area contributed by atoms with E-state index in [2.05, 4.69) is 4.98 Å². The number of H-pyrrole nitrogens is 1. The van der Waals surface area contributed by atoms with Gasteiger partial charge in [-0.15, -0.1) is 11.3 Å². The summed E-state index contributed by atoms with van der Waals surface area (Å²) in [7, 11) is 0. The Hall–Kier alpha value is -2.72. The fourth-order valence-electron chi connectivity index (χ4n) is 2.92. The summed E-state index contributed by atoms with van der Waals surface area (Å²) in [5, 5.41) is 0.680. The van der Waals surface area contributed by atoms with Crippen molar-refractivity contribution >= 4 is 21.6 Å². The van der Waals surface area contributed by atoms with Crippen molar-refractivity contribution in [1.29, 1.82) is 0 Å². The van der Waals surface area contributed by atoms with Gasteiger partial charge in [-0.1, -0.05) is 60.2 Å². The summed E-state index contributed by atoms with van der Waals surface area (Å²) < 4.78 is 0. The highest BCUT2D eigenvalue weighted by molar-refractivity contribution is 7.19. The Morgan fingerprint density at radius 1 is 0.917 bits per heavy atom. The van der Waals surface area contributed by atoms with E-state index in [1.807, 2.05) is 68.4 Å². The summed E-state index contributed by atoms with van der Waals surface area (Å²) in [6.07, 6.45) is 0. The molecule has 2 aromatic carbocycles. The van der Waals surface area contributed by atoms with E-state index in [1.165, 1.54) is 5.56 Å². The molecule has 118 valence electrons. The molecule has 24 heavy (non-hydrogen) atoms. The van der Waals surface area contributed by atoms with Crippen molar-refractivity contribution in [3.05, 3.63) is 75.4 Å². The zero-order valence-corrected chi connectivity index (χ0v) is 14.3. The molecular weight excluding hydrogens is 316 g/mol. The van der Waals surface area contributed by atoms with Crippen LogP contribution in [0.25, 0.3) is 32.7 Å². The predicted molar refractivity (Wildman–Crippen MR) is 101 cm³/mol. The number of nitrogens with one attached hydrogen (secondary N) is 1. The molecule has 0 fully saturated rings. The standard InChI is InChI=1S/C20H16N2OS/c1-12-8-10-15(11-9-12)18-21-19(23)17-16(13(2)24-20(17)22-18)14-6-4-3-5-7-14/h3-11H,1-2H3,(H,21,22,23). The Balaban J connectivity index is 1.96. The Bertz CT molecular complexity index is 1080. The molecule has 2 aromatic heterocycles. The molecule has 4 heteroatoms. The van der Waals surface area contributed by atoms with E-state index >= 15 is 0 Å². The van der Waals surface area contributed by atoms with Crippen LogP contribution in [0.15, 0.2) is 59.4 Å². The lowest BCUT2D eigenvalue weighted by Gasteiger charge is -2.03. The summed E-state index contributed by atoms with van der Waals surface area (Å²) in [6, 6.07) is 18.0. The molecular formula is C20H16N2OS. The Morgan fingerprint density at radius 2 is 1.62 bits per heavy atom. The van der Waals surface area contributed by atoms with Crippen molar-refractivity contribution in [3.63, 3.8) is 0 Å². The van der Waals surface area contributed by atoms with Gasteiger partial charge in [0.1, 0.15) is 10.7 Å². The number of aromatic amines is 1. The van der Waals surface area contributed by atoms with E-state index in [0.717, 1.165) is 26.4 Å². The lowest BCUT2D eigenvalue weighted by Crippen LogP contribution is -2.09. The SMILES string of the molecule is Cc1ccc(-c2nc3sc(C)c(-c4ccccc4)c3c(=O)[nH]2)cc1. The molecule has 0 bridgehead atoms. The molecule has 0 atom stereocenters.